The SMILES string of the molecule is CC(C)(Cc1cccc(C(F)(F)F)c1)N(C(=O)O)c1nc(-c2cccc([N+](=O)[O-])c2)cs1. The lowest BCUT2D eigenvalue weighted by Crippen LogP contribution is -2.49. The van der Waals surface area contributed by atoms with Crippen LogP contribution < -0.4 is 4.90 Å². The summed E-state index contributed by atoms with van der Waals surface area (Å²) in [6.07, 6.45) is -5.81. The predicted molar refractivity (Wildman–Crippen MR) is 114 cm³/mol. The van der Waals surface area contributed by atoms with Crippen LogP contribution in [-0.4, -0.2) is 26.6 Å². The van der Waals surface area contributed by atoms with Crippen molar-refractivity contribution >= 4 is 28.2 Å². The Kier molecular flexibility index (Phi) is 6.22. The molecular weight excluding hydrogens is 447 g/mol. The zero-order valence-electron chi connectivity index (χ0n) is 17.0. The molecule has 3 rings (SSSR count). The minimum atomic E-state index is -4.50. The Labute approximate surface area is 184 Å². The number of nitro groups is 1. The molecule has 7 nitrogen and oxygen atoms in total. The van der Waals surface area contributed by atoms with Crippen LogP contribution in [0.2, 0.25) is 0 Å². The summed E-state index contributed by atoms with van der Waals surface area (Å²) >= 11 is 1.02. The first-order valence-electron chi connectivity index (χ1n) is 9.28. The lowest BCUT2D eigenvalue weighted by Gasteiger charge is -2.35. The maximum Gasteiger partial charge on any atom is 0.416 e. The second kappa shape index (κ2) is 8.58. The number of non-ortho nitro benzene ring substituents is 1. The summed E-state index contributed by atoms with van der Waals surface area (Å²) in [5.41, 5.74) is -0.940. The highest BCUT2D eigenvalue weighted by atomic mass is 32.1. The van der Waals surface area contributed by atoms with Gasteiger partial charge in [-0.2, -0.15) is 13.2 Å². The third-order valence-electron chi connectivity index (χ3n) is 4.72. The van der Waals surface area contributed by atoms with Crippen molar-refractivity contribution in [1.82, 2.24) is 4.98 Å². The van der Waals surface area contributed by atoms with Gasteiger partial charge in [0, 0.05) is 23.1 Å². The molecule has 0 radical (unpaired) electrons. The number of nitro benzene ring substituents is 1. The number of nitrogens with zero attached hydrogens (tertiary/aromatic N) is 3. The molecule has 1 N–H and O–H groups in total. The van der Waals surface area contributed by atoms with E-state index < -0.39 is 28.3 Å². The fourth-order valence-corrected chi connectivity index (χ4v) is 4.30. The first-order valence-corrected chi connectivity index (χ1v) is 10.2. The summed E-state index contributed by atoms with van der Waals surface area (Å²) in [5.74, 6) is 0. The van der Waals surface area contributed by atoms with E-state index in [9.17, 15) is 33.2 Å². The zero-order valence-corrected chi connectivity index (χ0v) is 17.8. The molecule has 0 saturated carbocycles. The molecule has 1 amide bonds. The molecule has 0 unspecified atom stereocenters. The van der Waals surface area contributed by atoms with Crippen molar-refractivity contribution in [1.29, 1.82) is 0 Å². The zero-order chi connectivity index (χ0) is 23.7. The van der Waals surface area contributed by atoms with Crippen LogP contribution in [-0.2, 0) is 12.6 Å². The Morgan fingerprint density at radius 1 is 1.19 bits per heavy atom. The highest BCUT2D eigenvalue weighted by Gasteiger charge is 2.36. The van der Waals surface area contributed by atoms with Crippen molar-refractivity contribution in [2.75, 3.05) is 4.90 Å². The fourth-order valence-electron chi connectivity index (χ4n) is 3.31. The van der Waals surface area contributed by atoms with Gasteiger partial charge in [0.2, 0.25) is 0 Å². The maximum absolute atomic E-state index is 13.0. The van der Waals surface area contributed by atoms with E-state index in [0.717, 1.165) is 28.4 Å². The number of hydrogen-bond donors (Lipinski definition) is 1. The summed E-state index contributed by atoms with van der Waals surface area (Å²) in [5, 5.41) is 22.5. The number of carbonyl (C=O) groups is 1. The van der Waals surface area contributed by atoms with Crippen molar-refractivity contribution in [2.24, 2.45) is 0 Å². The molecule has 0 fully saturated rings. The predicted octanol–water partition coefficient (Wildman–Crippen LogP) is 6.24. The number of halogens is 3. The van der Waals surface area contributed by atoms with Crippen molar-refractivity contribution in [2.45, 2.75) is 32.0 Å². The number of anilines is 1. The molecule has 3 aromatic rings. The van der Waals surface area contributed by atoms with Gasteiger partial charge in [0.1, 0.15) is 0 Å². The molecule has 0 spiro atoms. The number of carboxylic acid groups (broad SMARTS) is 1. The fraction of sp³-hybridized carbons (Fsp3) is 0.238. The monoisotopic (exact) mass is 465 g/mol. The summed E-state index contributed by atoms with van der Waals surface area (Å²) in [6, 6.07) is 10.5. The van der Waals surface area contributed by atoms with Gasteiger partial charge in [-0.1, -0.05) is 30.3 Å². The molecule has 0 bridgehead atoms. The standard InChI is InChI=1S/C21H18F3N3O4S/c1-20(2,11-13-5-3-7-15(9-13)21(22,23)24)26(19(28)29)18-25-17(12-32-18)14-6-4-8-16(10-14)27(30)31/h3-10,12H,11H2,1-2H3,(H,28,29). The smallest absolute Gasteiger partial charge is 0.416 e. The van der Waals surface area contributed by atoms with Crippen molar-refractivity contribution < 1.29 is 28.0 Å². The number of rotatable bonds is 6. The Morgan fingerprint density at radius 2 is 1.88 bits per heavy atom. The Balaban J connectivity index is 1.92. The molecule has 2 aromatic carbocycles. The number of amides is 1. The normalized spacial score (nSPS) is 11.9. The molecule has 32 heavy (non-hydrogen) atoms. The van der Waals surface area contributed by atoms with E-state index in [2.05, 4.69) is 4.98 Å². The second-order valence-corrected chi connectivity index (χ2v) is 8.46. The van der Waals surface area contributed by atoms with Crippen LogP contribution in [0.5, 0.6) is 0 Å². The largest absolute Gasteiger partial charge is 0.465 e. The first-order chi connectivity index (χ1) is 14.9. The third kappa shape index (κ3) is 5.05. The summed E-state index contributed by atoms with van der Waals surface area (Å²) < 4.78 is 39.1. The second-order valence-electron chi connectivity index (χ2n) is 7.63. The minimum absolute atomic E-state index is 0.00887. The van der Waals surface area contributed by atoms with Gasteiger partial charge in [0.05, 0.1) is 21.7 Å². The van der Waals surface area contributed by atoms with Crippen LogP contribution in [0, 0.1) is 10.1 Å². The number of alkyl halides is 3. The van der Waals surface area contributed by atoms with E-state index in [0.29, 0.717) is 16.8 Å². The van der Waals surface area contributed by atoms with Gasteiger partial charge in [-0.05, 0) is 31.9 Å². The van der Waals surface area contributed by atoms with Crippen LogP contribution >= 0.6 is 11.3 Å². The molecule has 0 aliphatic heterocycles. The highest BCUT2D eigenvalue weighted by Crippen LogP contribution is 2.35. The van der Waals surface area contributed by atoms with E-state index in [4.69, 9.17) is 0 Å². The van der Waals surface area contributed by atoms with Crippen LogP contribution in [0.25, 0.3) is 11.3 Å². The Bertz CT molecular complexity index is 1160. The minimum Gasteiger partial charge on any atom is -0.465 e. The van der Waals surface area contributed by atoms with Gasteiger partial charge in [-0.15, -0.1) is 11.3 Å². The highest BCUT2D eigenvalue weighted by molar-refractivity contribution is 7.14. The molecule has 1 aromatic heterocycles. The molecule has 0 aliphatic rings. The van der Waals surface area contributed by atoms with Crippen molar-refractivity contribution in [3.63, 3.8) is 0 Å². The molecule has 168 valence electrons. The van der Waals surface area contributed by atoms with Gasteiger partial charge >= 0.3 is 12.3 Å². The number of hydrogen-bond acceptors (Lipinski definition) is 5. The van der Waals surface area contributed by atoms with Gasteiger partial charge < -0.3 is 5.11 Å². The molecule has 1 heterocycles. The average Bonchev–Trinajstić information content (AvgIpc) is 3.16. The topological polar surface area (TPSA) is 96.6 Å². The van der Waals surface area contributed by atoms with Crippen LogP contribution in [0.15, 0.2) is 53.9 Å². The average molecular weight is 465 g/mol. The maximum atomic E-state index is 13.0. The summed E-state index contributed by atoms with van der Waals surface area (Å²) in [7, 11) is 0. The number of thiazole rings is 1. The van der Waals surface area contributed by atoms with E-state index >= 15 is 0 Å². The molecule has 11 heteroatoms. The van der Waals surface area contributed by atoms with Crippen LogP contribution in [0.3, 0.4) is 0 Å². The molecule has 0 atom stereocenters. The van der Waals surface area contributed by atoms with Crippen molar-refractivity contribution in [3.05, 3.63) is 75.2 Å². The van der Waals surface area contributed by atoms with E-state index in [1.165, 1.54) is 30.3 Å². The third-order valence-corrected chi connectivity index (χ3v) is 5.55. The Morgan fingerprint density at radius 3 is 2.50 bits per heavy atom. The summed E-state index contributed by atoms with van der Waals surface area (Å²) in [4.78, 5) is 27.9. The van der Waals surface area contributed by atoms with Gasteiger partial charge in [-0.3, -0.25) is 10.1 Å². The van der Waals surface area contributed by atoms with Gasteiger partial charge in [-0.25, -0.2) is 14.7 Å². The molecular formula is C21H18F3N3O4S. The number of benzene rings is 2. The van der Waals surface area contributed by atoms with Crippen LogP contribution in [0.1, 0.15) is 25.0 Å². The summed E-state index contributed by atoms with van der Waals surface area (Å²) in [6.45, 7) is 3.19. The van der Waals surface area contributed by atoms with Gasteiger partial charge in [0.15, 0.2) is 5.13 Å². The number of aromatic nitrogens is 1. The van der Waals surface area contributed by atoms with Crippen LogP contribution in [0.4, 0.5) is 28.8 Å². The first kappa shape index (κ1) is 23.2. The van der Waals surface area contributed by atoms with Crippen molar-refractivity contribution in [3.8, 4) is 11.3 Å². The lowest BCUT2D eigenvalue weighted by molar-refractivity contribution is -0.384. The van der Waals surface area contributed by atoms with Gasteiger partial charge in [0.25, 0.3) is 5.69 Å². The van der Waals surface area contributed by atoms with E-state index in [1.54, 1.807) is 25.3 Å². The molecule has 0 saturated heterocycles. The van der Waals surface area contributed by atoms with E-state index in [-0.39, 0.29) is 17.2 Å². The quantitative estimate of drug-likeness (QED) is 0.343. The Hall–Kier alpha value is -3.47. The molecule has 0 aliphatic carbocycles. The lowest BCUT2D eigenvalue weighted by atomic mass is 9.92. The van der Waals surface area contributed by atoms with E-state index in [1.807, 2.05) is 0 Å².